The van der Waals surface area contributed by atoms with Gasteiger partial charge in [-0.25, -0.2) is 0 Å². The third-order valence-electron chi connectivity index (χ3n) is 5.86. The van der Waals surface area contributed by atoms with E-state index in [2.05, 4.69) is 21.3 Å². The molecule has 3 fully saturated rings. The highest BCUT2D eigenvalue weighted by molar-refractivity contribution is 5.41. The van der Waals surface area contributed by atoms with E-state index in [1.165, 1.54) is 37.2 Å². The minimum absolute atomic E-state index is 0.334. The summed E-state index contributed by atoms with van der Waals surface area (Å²) in [5.74, 6) is 1.05. The molecule has 1 N–H and O–H groups in total. The van der Waals surface area contributed by atoms with Crippen LogP contribution in [0.3, 0.4) is 0 Å². The lowest BCUT2D eigenvalue weighted by Gasteiger charge is -2.54. The van der Waals surface area contributed by atoms with Gasteiger partial charge in [0.25, 0.3) is 0 Å². The van der Waals surface area contributed by atoms with Crippen molar-refractivity contribution < 1.29 is 9.47 Å². The molecule has 1 unspecified atom stereocenters. The quantitative estimate of drug-likeness (QED) is 0.888. The van der Waals surface area contributed by atoms with Gasteiger partial charge < -0.3 is 14.8 Å². The fourth-order valence-corrected chi connectivity index (χ4v) is 4.51. The van der Waals surface area contributed by atoms with Crippen molar-refractivity contribution in [1.82, 2.24) is 15.2 Å². The van der Waals surface area contributed by atoms with Gasteiger partial charge in [0, 0.05) is 49.8 Å². The zero-order chi connectivity index (χ0) is 14.6. The van der Waals surface area contributed by atoms with Gasteiger partial charge >= 0.3 is 0 Å². The third-order valence-corrected chi connectivity index (χ3v) is 5.86. The standard InChI is InChI=1S/C17H23N3O2/c1-3-19-13-2-4-20-5-6-21-9-14(20)16(13)15(1)22-12-7-17(8-12)10-18-11-17/h1,3,12,14,18H,2,4-11H2. The fraction of sp³-hybridized carbons (Fsp3) is 0.706. The van der Waals surface area contributed by atoms with E-state index in [-0.39, 0.29) is 0 Å². The smallest absolute Gasteiger partial charge is 0.127 e. The van der Waals surface area contributed by atoms with Gasteiger partial charge in [-0.1, -0.05) is 0 Å². The van der Waals surface area contributed by atoms with Gasteiger partial charge in [-0.3, -0.25) is 9.88 Å². The van der Waals surface area contributed by atoms with Crippen LogP contribution >= 0.6 is 0 Å². The molecule has 1 aliphatic carbocycles. The van der Waals surface area contributed by atoms with Crippen molar-refractivity contribution in [2.75, 3.05) is 39.4 Å². The van der Waals surface area contributed by atoms with Gasteiger partial charge in [0.05, 0.1) is 31.1 Å². The number of nitrogens with one attached hydrogen (secondary N) is 1. The maximum atomic E-state index is 6.38. The van der Waals surface area contributed by atoms with Gasteiger partial charge in [-0.15, -0.1) is 0 Å². The Morgan fingerprint density at radius 3 is 3.05 bits per heavy atom. The van der Waals surface area contributed by atoms with Crippen LogP contribution in [0.4, 0.5) is 0 Å². The Balaban J connectivity index is 1.39. The molecule has 118 valence electrons. The number of aromatic nitrogens is 1. The molecule has 1 atom stereocenters. The second-order valence-electron chi connectivity index (χ2n) is 7.30. The van der Waals surface area contributed by atoms with Crippen LogP contribution in [0.25, 0.3) is 0 Å². The number of fused-ring (bicyclic) bond motifs is 3. The minimum Gasteiger partial charge on any atom is -0.490 e. The summed E-state index contributed by atoms with van der Waals surface area (Å²) < 4.78 is 12.1. The number of nitrogens with zero attached hydrogens (tertiary/aromatic N) is 2. The molecule has 5 rings (SSSR count). The van der Waals surface area contributed by atoms with E-state index in [1.807, 2.05) is 6.20 Å². The van der Waals surface area contributed by atoms with Crippen molar-refractivity contribution in [3.05, 3.63) is 23.5 Å². The van der Waals surface area contributed by atoms with Crippen LogP contribution in [0.2, 0.25) is 0 Å². The van der Waals surface area contributed by atoms with Gasteiger partial charge in [0.2, 0.25) is 0 Å². The van der Waals surface area contributed by atoms with Gasteiger partial charge in [0.15, 0.2) is 0 Å². The van der Waals surface area contributed by atoms with Crippen LogP contribution in [-0.4, -0.2) is 55.4 Å². The molecule has 22 heavy (non-hydrogen) atoms. The average Bonchev–Trinajstić information content (AvgIpc) is 2.48. The van der Waals surface area contributed by atoms with E-state index >= 15 is 0 Å². The summed E-state index contributed by atoms with van der Waals surface area (Å²) in [7, 11) is 0. The number of pyridine rings is 1. The monoisotopic (exact) mass is 301 g/mol. The molecule has 0 radical (unpaired) electrons. The lowest BCUT2D eigenvalue weighted by Crippen LogP contribution is -2.63. The molecule has 0 amide bonds. The summed E-state index contributed by atoms with van der Waals surface area (Å²) in [6, 6.07) is 2.39. The number of rotatable bonds is 2. The van der Waals surface area contributed by atoms with E-state index in [1.54, 1.807) is 0 Å². The maximum absolute atomic E-state index is 6.38. The zero-order valence-electron chi connectivity index (χ0n) is 12.9. The van der Waals surface area contributed by atoms with Crippen LogP contribution in [0.1, 0.15) is 30.1 Å². The predicted octanol–water partition coefficient (Wildman–Crippen LogP) is 1.14. The summed E-state index contributed by atoms with van der Waals surface area (Å²) in [5, 5.41) is 3.39. The number of hydrogen-bond acceptors (Lipinski definition) is 5. The second kappa shape index (κ2) is 4.91. The molecule has 4 aliphatic rings. The molecule has 3 aliphatic heterocycles. The number of morpholine rings is 1. The first kappa shape index (κ1) is 13.3. The number of ether oxygens (including phenoxy) is 2. The predicted molar refractivity (Wildman–Crippen MR) is 82.0 cm³/mol. The Kier molecular flexibility index (Phi) is 2.97. The molecular weight excluding hydrogens is 278 g/mol. The maximum Gasteiger partial charge on any atom is 0.127 e. The Morgan fingerprint density at radius 2 is 2.23 bits per heavy atom. The van der Waals surface area contributed by atoms with Crippen LogP contribution in [0, 0.1) is 5.41 Å². The second-order valence-corrected chi connectivity index (χ2v) is 7.30. The Hall–Kier alpha value is -1.17. The molecule has 0 aromatic carbocycles. The first-order chi connectivity index (χ1) is 10.8. The minimum atomic E-state index is 0.334. The molecule has 2 saturated heterocycles. The van der Waals surface area contributed by atoms with E-state index in [9.17, 15) is 0 Å². The van der Waals surface area contributed by atoms with E-state index in [0.29, 0.717) is 17.6 Å². The summed E-state index contributed by atoms with van der Waals surface area (Å²) in [6.45, 7) is 6.08. The highest BCUT2D eigenvalue weighted by atomic mass is 16.5. The number of hydrogen-bond donors (Lipinski definition) is 1. The average molecular weight is 301 g/mol. The molecule has 1 spiro atoms. The van der Waals surface area contributed by atoms with Crippen molar-refractivity contribution in [2.45, 2.75) is 31.4 Å². The summed E-state index contributed by atoms with van der Waals surface area (Å²) in [6.07, 6.45) is 5.71. The fourth-order valence-electron chi connectivity index (χ4n) is 4.51. The van der Waals surface area contributed by atoms with Gasteiger partial charge in [-0.2, -0.15) is 0 Å². The first-order valence-corrected chi connectivity index (χ1v) is 8.50. The molecule has 4 heterocycles. The Bertz CT molecular complexity index is 579. The van der Waals surface area contributed by atoms with Crippen molar-refractivity contribution in [3.8, 4) is 5.75 Å². The Labute approximate surface area is 131 Å². The molecule has 1 saturated carbocycles. The van der Waals surface area contributed by atoms with E-state index in [4.69, 9.17) is 9.47 Å². The van der Waals surface area contributed by atoms with Crippen LogP contribution in [0.15, 0.2) is 12.3 Å². The van der Waals surface area contributed by atoms with Crippen LogP contribution < -0.4 is 10.1 Å². The molecule has 5 nitrogen and oxygen atoms in total. The molecular formula is C17H23N3O2. The zero-order valence-corrected chi connectivity index (χ0v) is 12.9. The SMILES string of the molecule is c1cc(OC2CC3(CNC3)C2)c2c(n1)CCN1CCOCC21. The normalized spacial score (nSPS) is 30.1. The summed E-state index contributed by atoms with van der Waals surface area (Å²) in [5.41, 5.74) is 3.06. The van der Waals surface area contributed by atoms with Crippen molar-refractivity contribution >= 4 is 0 Å². The highest BCUT2D eigenvalue weighted by Crippen LogP contribution is 2.47. The van der Waals surface area contributed by atoms with Crippen LogP contribution in [-0.2, 0) is 11.2 Å². The van der Waals surface area contributed by atoms with E-state index in [0.717, 1.165) is 38.5 Å². The lowest BCUT2D eigenvalue weighted by molar-refractivity contribution is -0.0529. The third kappa shape index (κ3) is 1.99. The van der Waals surface area contributed by atoms with Crippen molar-refractivity contribution in [3.63, 3.8) is 0 Å². The molecule has 0 bridgehead atoms. The molecule has 1 aromatic rings. The topological polar surface area (TPSA) is 46.6 Å². The van der Waals surface area contributed by atoms with Gasteiger partial charge in [0.1, 0.15) is 5.75 Å². The van der Waals surface area contributed by atoms with Gasteiger partial charge in [-0.05, 0) is 18.9 Å². The summed E-state index contributed by atoms with van der Waals surface area (Å²) in [4.78, 5) is 7.13. The van der Waals surface area contributed by atoms with Crippen molar-refractivity contribution in [2.24, 2.45) is 5.41 Å². The lowest BCUT2D eigenvalue weighted by atomic mass is 9.63. The highest BCUT2D eigenvalue weighted by Gasteiger charge is 2.50. The molecule has 1 aromatic heterocycles. The largest absolute Gasteiger partial charge is 0.490 e. The first-order valence-electron chi connectivity index (χ1n) is 8.50. The summed E-state index contributed by atoms with van der Waals surface area (Å²) >= 11 is 0. The van der Waals surface area contributed by atoms with Crippen molar-refractivity contribution in [1.29, 1.82) is 0 Å². The van der Waals surface area contributed by atoms with Crippen LogP contribution in [0.5, 0.6) is 5.75 Å². The molecule has 5 heteroatoms. The van der Waals surface area contributed by atoms with E-state index < -0.39 is 0 Å². The Morgan fingerprint density at radius 1 is 1.32 bits per heavy atom.